The molecule has 13 nitrogen and oxygen atoms in total. The highest BCUT2D eigenvalue weighted by Gasteiger charge is 2.20. The molecule has 4 aromatic carbocycles. The van der Waals surface area contributed by atoms with E-state index in [0.29, 0.717) is 34.0 Å². The van der Waals surface area contributed by atoms with Crippen LogP contribution in [0.1, 0.15) is 5.56 Å². The molecular formula is C32H32N6O7S. The van der Waals surface area contributed by atoms with Gasteiger partial charge < -0.3 is 24.8 Å². The van der Waals surface area contributed by atoms with Crippen molar-refractivity contribution < 1.29 is 32.3 Å². The van der Waals surface area contributed by atoms with E-state index in [1.807, 2.05) is 24.3 Å². The van der Waals surface area contributed by atoms with E-state index < -0.39 is 15.9 Å². The van der Waals surface area contributed by atoms with Gasteiger partial charge in [-0.1, -0.05) is 36.4 Å². The standard InChI is InChI=1S/C32H32N6O7S/c1-42-24-15-23(16-25(18-24)43-2)35-31-32(37-28-13-6-5-12-27(28)36-31)38-46(40,41)26-11-8-10-22(17-26)34-30(39)19-33-45-20-21-9-4-7-14-29(21)44-3/h4-18,33H,19-20H2,1-3H3,(H,34,39)(H,35,36)(H,37,38). The summed E-state index contributed by atoms with van der Waals surface area (Å²) in [7, 11) is 0.432. The predicted octanol–water partition coefficient (Wildman–Crippen LogP) is 4.86. The molecule has 0 saturated heterocycles. The molecule has 1 heterocycles. The van der Waals surface area contributed by atoms with Crippen LogP contribution in [0.5, 0.6) is 17.2 Å². The Morgan fingerprint density at radius 3 is 2.11 bits per heavy atom. The van der Waals surface area contributed by atoms with Crippen LogP contribution in [0.15, 0.2) is 95.9 Å². The average molecular weight is 645 g/mol. The molecule has 46 heavy (non-hydrogen) atoms. The second-order valence-electron chi connectivity index (χ2n) is 9.74. The number of anilines is 4. The minimum atomic E-state index is -4.18. The number of ether oxygens (including phenoxy) is 3. The zero-order valence-electron chi connectivity index (χ0n) is 25.2. The fraction of sp³-hybridized carbons (Fsp3) is 0.156. The number of carbonyl (C=O) groups excluding carboxylic acids is 1. The summed E-state index contributed by atoms with van der Waals surface area (Å²) in [6.45, 7) is -0.00228. The van der Waals surface area contributed by atoms with Crippen molar-refractivity contribution in [2.75, 3.05) is 43.2 Å². The summed E-state index contributed by atoms with van der Waals surface area (Å²) in [4.78, 5) is 27.0. The van der Waals surface area contributed by atoms with Gasteiger partial charge in [0.1, 0.15) is 23.8 Å². The minimum Gasteiger partial charge on any atom is -0.497 e. The molecule has 4 N–H and O–H groups in total. The van der Waals surface area contributed by atoms with E-state index in [9.17, 15) is 13.2 Å². The first kappa shape index (κ1) is 32.0. The Bertz CT molecular complexity index is 1930. The molecule has 0 aliphatic rings. The Morgan fingerprint density at radius 2 is 1.41 bits per heavy atom. The Kier molecular flexibility index (Phi) is 10.1. The predicted molar refractivity (Wildman–Crippen MR) is 174 cm³/mol. The lowest BCUT2D eigenvalue weighted by atomic mass is 10.2. The maximum atomic E-state index is 13.6. The number of sulfonamides is 1. The van der Waals surface area contributed by atoms with Gasteiger partial charge in [-0.15, -0.1) is 0 Å². The molecule has 0 unspecified atom stereocenters. The van der Waals surface area contributed by atoms with E-state index in [2.05, 4.69) is 30.8 Å². The third-order valence-electron chi connectivity index (χ3n) is 6.60. The second kappa shape index (κ2) is 14.6. The van der Waals surface area contributed by atoms with E-state index in [-0.39, 0.29) is 35.4 Å². The van der Waals surface area contributed by atoms with Crippen molar-refractivity contribution in [2.45, 2.75) is 11.5 Å². The fourth-order valence-corrected chi connectivity index (χ4v) is 5.43. The number of nitrogens with one attached hydrogen (secondary N) is 4. The number of carbonyl (C=O) groups is 1. The van der Waals surface area contributed by atoms with Crippen molar-refractivity contribution in [2.24, 2.45) is 0 Å². The van der Waals surface area contributed by atoms with E-state index in [1.165, 1.54) is 32.4 Å². The van der Waals surface area contributed by atoms with Crippen molar-refractivity contribution in [3.8, 4) is 17.2 Å². The monoisotopic (exact) mass is 644 g/mol. The zero-order valence-corrected chi connectivity index (χ0v) is 26.1. The summed E-state index contributed by atoms with van der Waals surface area (Å²) in [6.07, 6.45) is 0. The summed E-state index contributed by atoms with van der Waals surface area (Å²) in [6, 6.07) is 25.4. The number of amides is 1. The van der Waals surface area contributed by atoms with Gasteiger partial charge in [0.15, 0.2) is 11.6 Å². The molecule has 1 aromatic heterocycles. The smallest absolute Gasteiger partial charge is 0.263 e. The van der Waals surface area contributed by atoms with Crippen LogP contribution >= 0.6 is 0 Å². The number of hydroxylamine groups is 1. The lowest BCUT2D eigenvalue weighted by Crippen LogP contribution is -2.28. The first-order valence-corrected chi connectivity index (χ1v) is 15.4. The Balaban J connectivity index is 1.30. The highest BCUT2D eigenvalue weighted by molar-refractivity contribution is 7.92. The molecule has 1 amide bonds. The van der Waals surface area contributed by atoms with Gasteiger partial charge >= 0.3 is 0 Å². The average Bonchev–Trinajstić information content (AvgIpc) is 3.07. The number of benzene rings is 4. The summed E-state index contributed by atoms with van der Waals surface area (Å²) in [5.41, 5.74) is 5.24. The first-order chi connectivity index (χ1) is 22.3. The highest BCUT2D eigenvalue weighted by atomic mass is 32.2. The number of rotatable bonds is 14. The topological polar surface area (TPSA) is 162 Å². The molecule has 0 radical (unpaired) electrons. The molecule has 0 aliphatic carbocycles. The molecule has 0 spiro atoms. The molecule has 0 saturated carbocycles. The van der Waals surface area contributed by atoms with Gasteiger partial charge in [-0.25, -0.2) is 18.4 Å². The van der Waals surface area contributed by atoms with Gasteiger partial charge in [0.25, 0.3) is 10.0 Å². The van der Waals surface area contributed by atoms with E-state index in [0.717, 1.165) is 5.56 Å². The Hall–Kier alpha value is -5.44. The number of fused-ring (bicyclic) bond motifs is 1. The van der Waals surface area contributed by atoms with E-state index >= 15 is 0 Å². The number of hydrogen-bond acceptors (Lipinski definition) is 11. The van der Waals surface area contributed by atoms with Crippen molar-refractivity contribution in [3.05, 3.63) is 96.6 Å². The first-order valence-electron chi connectivity index (χ1n) is 13.9. The largest absolute Gasteiger partial charge is 0.497 e. The molecular weight excluding hydrogens is 612 g/mol. The van der Waals surface area contributed by atoms with E-state index in [1.54, 1.807) is 55.6 Å². The SMILES string of the molecule is COc1cc(Nc2nc3ccccc3nc2NS(=O)(=O)c2cccc(NC(=O)CNOCc3ccccc3OC)c2)cc(OC)c1. The van der Waals surface area contributed by atoms with Gasteiger partial charge in [0.05, 0.1) is 43.9 Å². The van der Waals surface area contributed by atoms with Crippen LogP contribution in [-0.2, 0) is 26.3 Å². The molecule has 238 valence electrons. The van der Waals surface area contributed by atoms with Crippen LogP contribution < -0.4 is 35.0 Å². The molecule has 5 rings (SSSR count). The molecule has 0 bridgehead atoms. The summed E-state index contributed by atoms with van der Waals surface area (Å²) in [5.74, 6) is 1.39. The number of methoxy groups -OCH3 is 3. The lowest BCUT2D eigenvalue weighted by Gasteiger charge is -2.15. The summed E-state index contributed by atoms with van der Waals surface area (Å²) < 4.78 is 45.7. The van der Waals surface area contributed by atoms with Crippen LogP contribution in [0.3, 0.4) is 0 Å². The number of hydrogen-bond donors (Lipinski definition) is 4. The van der Waals surface area contributed by atoms with Crippen LogP contribution in [0.4, 0.5) is 23.0 Å². The van der Waals surface area contributed by atoms with Crippen LogP contribution in [0, 0.1) is 0 Å². The normalized spacial score (nSPS) is 11.1. The number of para-hydroxylation sites is 3. The maximum Gasteiger partial charge on any atom is 0.263 e. The van der Waals surface area contributed by atoms with Crippen molar-refractivity contribution in [1.29, 1.82) is 0 Å². The molecule has 5 aromatic rings. The van der Waals surface area contributed by atoms with Crippen LogP contribution in [-0.4, -0.2) is 52.2 Å². The molecule has 0 fully saturated rings. The maximum absolute atomic E-state index is 13.6. The lowest BCUT2D eigenvalue weighted by molar-refractivity contribution is -0.118. The van der Waals surface area contributed by atoms with Gasteiger partial charge in [0.2, 0.25) is 5.91 Å². The van der Waals surface area contributed by atoms with Crippen molar-refractivity contribution in [3.63, 3.8) is 0 Å². The fourth-order valence-electron chi connectivity index (χ4n) is 4.37. The quantitative estimate of drug-likeness (QED) is 0.0965. The zero-order chi connectivity index (χ0) is 32.5. The highest BCUT2D eigenvalue weighted by Crippen LogP contribution is 2.31. The Morgan fingerprint density at radius 1 is 0.739 bits per heavy atom. The number of aromatic nitrogens is 2. The van der Waals surface area contributed by atoms with Crippen LogP contribution in [0.25, 0.3) is 11.0 Å². The van der Waals surface area contributed by atoms with Crippen LogP contribution in [0.2, 0.25) is 0 Å². The van der Waals surface area contributed by atoms with Gasteiger partial charge in [0, 0.05) is 35.1 Å². The third-order valence-corrected chi connectivity index (χ3v) is 7.94. The van der Waals surface area contributed by atoms with Gasteiger partial charge in [-0.05, 0) is 36.4 Å². The molecule has 14 heteroatoms. The Labute approximate surface area is 265 Å². The van der Waals surface area contributed by atoms with Crippen molar-refractivity contribution in [1.82, 2.24) is 15.4 Å². The molecule has 0 atom stereocenters. The van der Waals surface area contributed by atoms with Crippen molar-refractivity contribution >= 4 is 50.0 Å². The second-order valence-corrected chi connectivity index (χ2v) is 11.4. The van der Waals surface area contributed by atoms with Gasteiger partial charge in [-0.3, -0.25) is 14.4 Å². The number of nitrogens with zero attached hydrogens (tertiary/aromatic N) is 2. The van der Waals surface area contributed by atoms with E-state index in [4.69, 9.17) is 19.0 Å². The molecule has 0 aliphatic heterocycles. The van der Waals surface area contributed by atoms with Gasteiger partial charge in [-0.2, -0.15) is 5.48 Å². The summed E-state index contributed by atoms with van der Waals surface area (Å²) >= 11 is 0. The third kappa shape index (κ3) is 7.98. The minimum absolute atomic E-state index is 0.0358. The summed E-state index contributed by atoms with van der Waals surface area (Å²) in [5, 5.41) is 5.79.